The van der Waals surface area contributed by atoms with Crippen molar-refractivity contribution < 1.29 is 9.53 Å². The maximum absolute atomic E-state index is 11.6. The minimum absolute atomic E-state index is 0.0557. The van der Waals surface area contributed by atoms with Crippen molar-refractivity contribution in [2.45, 2.75) is 26.7 Å². The van der Waals surface area contributed by atoms with E-state index < -0.39 is 0 Å². The summed E-state index contributed by atoms with van der Waals surface area (Å²) >= 11 is 0. The van der Waals surface area contributed by atoms with Gasteiger partial charge in [-0.2, -0.15) is 0 Å². The minimum Gasteiger partial charge on any atom is -0.372 e. The van der Waals surface area contributed by atoms with Crippen LogP contribution in [0.15, 0.2) is 12.7 Å². The van der Waals surface area contributed by atoms with E-state index in [0.717, 1.165) is 19.4 Å². The van der Waals surface area contributed by atoms with Crippen LogP contribution in [0.3, 0.4) is 0 Å². The maximum Gasteiger partial charge on any atom is 0.248 e. The average molecular weight is 199 g/mol. The number of nitrogens with zero attached hydrogens (tertiary/aromatic N) is 1. The van der Waals surface area contributed by atoms with E-state index in [2.05, 4.69) is 13.5 Å². The highest BCUT2D eigenvalue weighted by Gasteiger charge is 2.10. The normalized spacial score (nSPS) is 9.86. The number of carbonyl (C=O) groups is 1. The molecule has 0 unspecified atom stereocenters. The third-order valence-corrected chi connectivity index (χ3v) is 1.77. The van der Waals surface area contributed by atoms with Crippen molar-refractivity contribution in [3.05, 3.63) is 12.7 Å². The summed E-state index contributed by atoms with van der Waals surface area (Å²) in [5.41, 5.74) is 0. The minimum atomic E-state index is 0.0557. The van der Waals surface area contributed by atoms with Crippen LogP contribution in [0.25, 0.3) is 0 Å². The highest BCUT2D eigenvalue weighted by molar-refractivity contribution is 5.77. The van der Waals surface area contributed by atoms with E-state index in [1.807, 2.05) is 6.92 Å². The smallest absolute Gasteiger partial charge is 0.248 e. The Kier molecular flexibility index (Phi) is 8.24. The van der Waals surface area contributed by atoms with Gasteiger partial charge in [0.25, 0.3) is 0 Å². The Bertz CT molecular complexity index is 169. The zero-order valence-corrected chi connectivity index (χ0v) is 9.29. The second-order valence-corrected chi connectivity index (χ2v) is 3.18. The summed E-state index contributed by atoms with van der Waals surface area (Å²) in [5, 5.41) is 0. The van der Waals surface area contributed by atoms with Crippen molar-refractivity contribution in [3.63, 3.8) is 0 Å². The molecule has 0 aromatic carbocycles. The van der Waals surface area contributed by atoms with Crippen LogP contribution >= 0.6 is 0 Å². The first kappa shape index (κ1) is 13.2. The number of hydrogen-bond acceptors (Lipinski definition) is 2. The topological polar surface area (TPSA) is 29.5 Å². The number of ether oxygens (including phenoxy) is 1. The molecule has 0 radical (unpaired) electrons. The third kappa shape index (κ3) is 5.75. The van der Waals surface area contributed by atoms with Gasteiger partial charge in [0.15, 0.2) is 0 Å². The van der Waals surface area contributed by atoms with E-state index in [0.29, 0.717) is 13.2 Å². The van der Waals surface area contributed by atoms with Gasteiger partial charge in [0.1, 0.15) is 6.61 Å². The van der Waals surface area contributed by atoms with E-state index >= 15 is 0 Å². The summed E-state index contributed by atoms with van der Waals surface area (Å²) in [4.78, 5) is 13.3. The molecule has 0 aromatic rings. The van der Waals surface area contributed by atoms with Crippen molar-refractivity contribution in [3.8, 4) is 0 Å². The fourth-order valence-corrected chi connectivity index (χ4v) is 1.14. The van der Waals surface area contributed by atoms with Gasteiger partial charge in [-0.15, -0.1) is 6.58 Å². The molecule has 14 heavy (non-hydrogen) atoms. The van der Waals surface area contributed by atoms with E-state index in [1.54, 1.807) is 11.0 Å². The van der Waals surface area contributed by atoms with Gasteiger partial charge in [0.2, 0.25) is 5.91 Å². The van der Waals surface area contributed by atoms with Crippen LogP contribution in [0, 0.1) is 0 Å². The lowest BCUT2D eigenvalue weighted by molar-refractivity contribution is -0.135. The Labute approximate surface area is 86.7 Å². The number of carbonyl (C=O) groups excluding carboxylic acids is 1. The van der Waals surface area contributed by atoms with Crippen LogP contribution in [-0.4, -0.2) is 37.1 Å². The SMILES string of the molecule is C=CCN(CCC)C(=O)COCCC. The monoisotopic (exact) mass is 199 g/mol. The van der Waals surface area contributed by atoms with Gasteiger partial charge in [-0.3, -0.25) is 4.79 Å². The molecule has 0 aliphatic carbocycles. The second kappa shape index (κ2) is 8.75. The van der Waals surface area contributed by atoms with E-state index in [4.69, 9.17) is 4.74 Å². The summed E-state index contributed by atoms with van der Waals surface area (Å²) in [7, 11) is 0. The Morgan fingerprint density at radius 1 is 1.43 bits per heavy atom. The molecule has 0 aliphatic heterocycles. The molecule has 0 rings (SSSR count). The molecule has 0 N–H and O–H groups in total. The van der Waals surface area contributed by atoms with Crippen molar-refractivity contribution >= 4 is 5.91 Å². The molecule has 0 bridgehead atoms. The largest absolute Gasteiger partial charge is 0.372 e. The van der Waals surface area contributed by atoms with Crippen LogP contribution < -0.4 is 0 Å². The molecule has 0 fully saturated rings. The summed E-state index contributed by atoms with van der Waals surface area (Å²) in [6.07, 6.45) is 3.66. The van der Waals surface area contributed by atoms with E-state index in [9.17, 15) is 4.79 Å². The Morgan fingerprint density at radius 3 is 2.64 bits per heavy atom. The van der Waals surface area contributed by atoms with Crippen LogP contribution in [0.2, 0.25) is 0 Å². The van der Waals surface area contributed by atoms with Crippen LogP contribution in [0.4, 0.5) is 0 Å². The van der Waals surface area contributed by atoms with Crippen molar-refractivity contribution in [1.82, 2.24) is 4.90 Å². The lowest BCUT2D eigenvalue weighted by Crippen LogP contribution is -2.34. The summed E-state index contributed by atoms with van der Waals surface area (Å²) in [5.74, 6) is 0.0557. The molecule has 0 spiro atoms. The Balaban J connectivity index is 3.81. The van der Waals surface area contributed by atoms with Crippen molar-refractivity contribution in [2.24, 2.45) is 0 Å². The molecule has 0 saturated heterocycles. The summed E-state index contributed by atoms with van der Waals surface area (Å²) in [6, 6.07) is 0. The molecular formula is C11H21NO2. The number of rotatable bonds is 8. The lowest BCUT2D eigenvalue weighted by atomic mass is 10.4. The number of hydrogen-bond donors (Lipinski definition) is 0. The molecule has 3 heteroatoms. The Hall–Kier alpha value is -0.830. The van der Waals surface area contributed by atoms with Gasteiger partial charge in [0, 0.05) is 19.7 Å². The fourth-order valence-electron chi connectivity index (χ4n) is 1.14. The molecule has 0 atom stereocenters. The first-order valence-electron chi connectivity index (χ1n) is 5.22. The van der Waals surface area contributed by atoms with Crippen molar-refractivity contribution in [2.75, 3.05) is 26.3 Å². The van der Waals surface area contributed by atoms with E-state index in [1.165, 1.54) is 0 Å². The maximum atomic E-state index is 11.6. The van der Waals surface area contributed by atoms with Gasteiger partial charge in [-0.1, -0.05) is 19.9 Å². The number of amides is 1. The molecule has 1 amide bonds. The van der Waals surface area contributed by atoms with Gasteiger partial charge < -0.3 is 9.64 Å². The lowest BCUT2D eigenvalue weighted by Gasteiger charge is -2.20. The first-order chi connectivity index (χ1) is 6.76. The van der Waals surface area contributed by atoms with Crippen LogP contribution in [-0.2, 0) is 9.53 Å². The predicted molar refractivity (Wildman–Crippen MR) is 58.2 cm³/mol. The molecule has 0 aromatic heterocycles. The third-order valence-electron chi connectivity index (χ3n) is 1.77. The molecule has 82 valence electrons. The van der Waals surface area contributed by atoms with Crippen LogP contribution in [0.5, 0.6) is 0 Å². The van der Waals surface area contributed by atoms with E-state index in [-0.39, 0.29) is 12.5 Å². The second-order valence-electron chi connectivity index (χ2n) is 3.18. The quantitative estimate of drug-likeness (QED) is 0.441. The van der Waals surface area contributed by atoms with Crippen LogP contribution in [0.1, 0.15) is 26.7 Å². The average Bonchev–Trinajstić information content (AvgIpc) is 2.18. The van der Waals surface area contributed by atoms with Gasteiger partial charge in [0.05, 0.1) is 0 Å². The zero-order chi connectivity index (χ0) is 10.8. The van der Waals surface area contributed by atoms with Gasteiger partial charge in [-0.25, -0.2) is 0 Å². The molecule has 0 heterocycles. The van der Waals surface area contributed by atoms with Gasteiger partial charge in [-0.05, 0) is 12.8 Å². The highest BCUT2D eigenvalue weighted by atomic mass is 16.5. The predicted octanol–water partition coefficient (Wildman–Crippen LogP) is 1.84. The molecule has 0 aliphatic rings. The molecular weight excluding hydrogens is 178 g/mol. The first-order valence-corrected chi connectivity index (χ1v) is 5.22. The van der Waals surface area contributed by atoms with Gasteiger partial charge >= 0.3 is 0 Å². The Morgan fingerprint density at radius 2 is 2.14 bits per heavy atom. The summed E-state index contributed by atoms with van der Waals surface area (Å²) < 4.78 is 5.19. The molecule has 3 nitrogen and oxygen atoms in total. The molecule has 0 saturated carbocycles. The zero-order valence-electron chi connectivity index (χ0n) is 9.29. The highest BCUT2D eigenvalue weighted by Crippen LogP contribution is 1.94. The summed E-state index contributed by atoms with van der Waals surface area (Å²) in [6.45, 7) is 9.94. The van der Waals surface area contributed by atoms with Crippen molar-refractivity contribution in [1.29, 1.82) is 0 Å². The standard InChI is InChI=1S/C11H21NO2/c1-4-7-12(8-5-2)11(13)10-14-9-6-3/h4H,1,5-10H2,2-3H3. The fraction of sp³-hybridized carbons (Fsp3) is 0.727.